The number of piperidine rings is 2. The number of carbonyl (C=O) groups excluding carboxylic acids is 1. The Hall–Kier alpha value is -2.31. The lowest BCUT2D eigenvalue weighted by Crippen LogP contribution is -2.50. The molecule has 1 amide bonds. The van der Waals surface area contributed by atoms with Gasteiger partial charge in [-0.1, -0.05) is 6.07 Å². The molecule has 2 aliphatic heterocycles. The molecule has 0 radical (unpaired) electrons. The molecule has 1 unspecified atom stereocenters. The second-order valence-electron chi connectivity index (χ2n) is 8.75. The summed E-state index contributed by atoms with van der Waals surface area (Å²) in [6.45, 7) is 7.80. The molecule has 0 aromatic carbocycles. The lowest BCUT2D eigenvalue weighted by Gasteiger charge is -2.42. The first-order valence-electron chi connectivity index (χ1n) is 11.2. The summed E-state index contributed by atoms with van der Waals surface area (Å²) >= 11 is 0. The zero-order chi connectivity index (χ0) is 20.8. The van der Waals surface area contributed by atoms with Crippen LogP contribution < -0.4 is 5.32 Å². The molecule has 2 aromatic rings. The standard InChI is InChI=1S/C24H33N5O/c1-19-6-10-26-22(14-19)16-27-24(30)21-5-3-11-29(18-21)23-7-12-28(13-8-23)17-20-4-2-9-25-15-20/h2,4,6,9-10,14-15,21,23H,3,5,7-8,11-13,16-18H2,1H3,(H,27,30). The van der Waals surface area contributed by atoms with Crippen molar-refractivity contribution in [1.82, 2.24) is 25.1 Å². The maximum atomic E-state index is 12.8. The average Bonchev–Trinajstić information content (AvgIpc) is 2.79. The number of aryl methyl sites for hydroxylation is 1. The second kappa shape index (κ2) is 10.1. The van der Waals surface area contributed by atoms with Crippen LogP contribution in [0.2, 0.25) is 0 Å². The summed E-state index contributed by atoms with van der Waals surface area (Å²) in [4.78, 5) is 26.4. The molecule has 6 nitrogen and oxygen atoms in total. The quantitative estimate of drug-likeness (QED) is 0.798. The van der Waals surface area contributed by atoms with Gasteiger partial charge in [0, 0.05) is 37.7 Å². The van der Waals surface area contributed by atoms with E-state index >= 15 is 0 Å². The first-order chi connectivity index (χ1) is 14.7. The van der Waals surface area contributed by atoms with Crippen LogP contribution in [0.1, 0.15) is 42.5 Å². The van der Waals surface area contributed by atoms with Gasteiger partial charge in [0.05, 0.1) is 18.2 Å². The van der Waals surface area contributed by atoms with Crippen molar-refractivity contribution in [2.45, 2.75) is 51.7 Å². The fourth-order valence-electron chi connectivity index (χ4n) is 4.76. The Morgan fingerprint density at radius 1 is 1.17 bits per heavy atom. The van der Waals surface area contributed by atoms with Crippen molar-refractivity contribution in [3.05, 3.63) is 59.7 Å². The van der Waals surface area contributed by atoms with E-state index in [1.807, 2.05) is 37.5 Å². The van der Waals surface area contributed by atoms with Crippen molar-refractivity contribution >= 4 is 5.91 Å². The molecule has 0 bridgehead atoms. The number of hydrogen-bond acceptors (Lipinski definition) is 5. The van der Waals surface area contributed by atoms with Gasteiger partial charge in [0.15, 0.2) is 0 Å². The maximum Gasteiger partial charge on any atom is 0.224 e. The zero-order valence-corrected chi connectivity index (χ0v) is 18.0. The first kappa shape index (κ1) is 20.9. The van der Waals surface area contributed by atoms with Crippen LogP contribution in [0.15, 0.2) is 42.9 Å². The lowest BCUT2D eigenvalue weighted by atomic mass is 9.93. The Morgan fingerprint density at radius 2 is 2.03 bits per heavy atom. The fourth-order valence-corrected chi connectivity index (χ4v) is 4.76. The number of amides is 1. The molecule has 0 spiro atoms. The summed E-state index contributed by atoms with van der Waals surface area (Å²) in [6, 6.07) is 8.78. The molecule has 1 atom stereocenters. The number of carbonyl (C=O) groups is 1. The molecule has 4 rings (SSSR count). The monoisotopic (exact) mass is 407 g/mol. The van der Waals surface area contributed by atoms with E-state index in [2.05, 4.69) is 31.2 Å². The van der Waals surface area contributed by atoms with Crippen LogP contribution in [-0.4, -0.2) is 57.9 Å². The molecule has 160 valence electrons. The number of nitrogens with one attached hydrogen (secondary N) is 1. The van der Waals surface area contributed by atoms with Crippen molar-refractivity contribution in [3.8, 4) is 0 Å². The van der Waals surface area contributed by atoms with Gasteiger partial charge in [-0.25, -0.2) is 0 Å². The second-order valence-corrected chi connectivity index (χ2v) is 8.75. The Kier molecular flexibility index (Phi) is 7.07. The predicted molar refractivity (Wildman–Crippen MR) is 118 cm³/mol. The van der Waals surface area contributed by atoms with E-state index in [1.54, 1.807) is 6.20 Å². The lowest BCUT2D eigenvalue weighted by molar-refractivity contribution is -0.127. The molecular weight excluding hydrogens is 374 g/mol. The molecule has 2 fully saturated rings. The molecule has 30 heavy (non-hydrogen) atoms. The van der Waals surface area contributed by atoms with Crippen molar-refractivity contribution in [3.63, 3.8) is 0 Å². The van der Waals surface area contributed by atoms with Crippen molar-refractivity contribution in [1.29, 1.82) is 0 Å². The van der Waals surface area contributed by atoms with Crippen LogP contribution in [0.5, 0.6) is 0 Å². The van der Waals surface area contributed by atoms with Gasteiger partial charge >= 0.3 is 0 Å². The van der Waals surface area contributed by atoms with Crippen LogP contribution in [-0.2, 0) is 17.9 Å². The molecular formula is C24H33N5O. The minimum Gasteiger partial charge on any atom is -0.350 e. The van der Waals surface area contributed by atoms with Crippen molar-refractivity contribution < 1.29 is 4.79 Å². The third-order valence-corrected chi connectivity index (χ3v) is 6.44. The highest BCUT2D eigenvalue weighted by atomic mass is 16.1. The molecule has 0 saturated carbocycles. The number of nitrogens with zero attached hydrogens (tertiary/aromatic N) is 4. The predicted octanol–water partition coefficient (Wildman–Crippen LogP) is 2.78. The molecule has 6 heteroatoms. The van der Waals surface area contributed by atoms with Gasteiger partial charge in [-0.15, -0.1) is 0 Å². The number of likely N-dealkylation sites (tertiary alicyclic amines) is 2. The van der Waals surface area contributed by atoms with Gasteiger partial charge in [-0.2, -0.15) is 0 Å². The molecule has 1 N–H and O–H groups in total. The third-order valence-electron chi connectivity index (χ3n) is 6.44. The van der Waals surface area contributed by atoms with E-state index in [0.717, 1.165) is 51.3 Å². The van der Waals surface area contributed by atoms with E-state index in [-0.39, 0.29) is 11.8 Å². The van der Waals surface area contributed by atoms with Gasteiger partial charge in [0.2, 0.25) is 5.91 Å². The van der Waals surface area contributed by atoms with Crippen LogP contribution in [0, 0.1) is 12.8 Å². The van der Waals surface area contributed by atoms with E-state index in [9.17, 15) is 4.79 Å². The average molecular weight is 408 g/mol. The summed E-state index contributed by atoms with van der Waals surface area (Å²) in [5, 5.41) is 3.11. The minimum atomic E-state index is 0.0944. The molecule has 2 saturated heterocycles. The van der Waals surface area contributed by atoms with Gasteiger partial charge in [0.1, 0.15) is 0 Å². The van der Waals surface area contributed by atoms with Crippen molar-refractivity contribution in [2.75, 3.05) is 26.2 Å². The Balaban J connectivity index is 1.23. The normalized spacial score (nSPS) is 21.4. The highest BCUT2D eigenvalue weighted by Crippen LogP contribution is 2.24. The smallest absolute Gasteiger partial charge is 0.224 e. The molecule has 4 heterocycles. The number of aromatic nitrogens is 2. The van der Waals surface area contributed by atoms with E-state index < -0.39 is 0 Å². The summed E-state index contributed by atoms with van der Waals surface area (Å²) in [5.41, 5.74) is 3.39. The third kappa shape index (κ3) is 5.64. The number of rotatable bonds is 6. The van der Waals surface area contributed by atoms with Crippen LogP contribution in [0.3, 0.4) is 0 Å². The Labute approximate surface area is 179 Å². The topological polar surface area (TPSA) is 61.4 Å². The SMILES string of the molecule is Cc1ccnc(CNC(=O)C2CCCN(C3CCN(Cc4cccnc4)CC3)C2)c1. The Bertz CT molecular complexity index is 819. The summed E-state index contributed by atoms with van der Waals surface area (Å²) in [5.74, 6) is 0.272. The Morgan fingerprint density at radius 3 is 2.80 bits per heavy atom. The highest BCUT2D eigenvalue weighted by molar-refractivity contribution is 5.78. The molecule has 2 aromatic heterocycles. The maximum absolute atomic E-state index is 12.8. The fraction of sp³-hybridized carbons (Fsp3) is 0.542. The molecule has 0 aliphatic carbocycles. The largest absolute Gasteiger partial charge is 0.350 e. The van der Waals surface area contributed by atoms with Crippen LogP contribution >= 0.6 is 0 Å². The van der Waals surface area contributed by atoms with Crippen LogP contribution in [0.25, 0.3) is 0 Å². The van der Waals surface area contributed by atoms with E-state index in [0.29, 0.717) is 12.6 Å². The highest BCUT2D eigenvalue weighted by Gasteiger charge is 2.31. The van der Waals surface area contributed by atoms with Gasteiger partial charge in [0.25, 0.3) is 0 Å². The number of pyridine rings is 2. The van der Waals surface area contributed by atoms with E-state index in [1.165, 1.54) is 24.0 Å². The van der Waals surface area contributed by atoms with Gasteiger partial charge < -0.3 is 5.32 Å². The minimum absolute atomic E-state index is 0.0944. The first-order valence-corrected chi connectivity index (χ1v) is 11.2. The summed E-state index contributed by atoms with van der Waals surface area (Å²) < 4.78 is 0. The van der Waals surface area contributed by atoms with Crippen molar-refractivity contribution in [2.24, 2.45) is 5.92 Å². The summed E-state index contributed by atoms with van der Waals surface area (Å²) in [6.07, 6.45) is 10.1. The zero-order valence-electron chi connectivity index (χ0n) is 18.0. The number of hydrogen-bond donors (Lipinski definition) is 1. The molecule has 2 aliphatic rings. The van der Waals surface area contributed by atoms with Crippen LogP contribution in [0.4, 0.5) is 0 Å². The summed E-state index contributed by atoms with van der Waals surface area (Å²) in [7, 11) is 0. The van der Waals surface area contributed by atoms with E-state index in [4.69, 9.17) is 0 Å². The van der Waals surface area contributed by atoms with Gasteiger partial charge in [-0.05, 0) is 81.6 Å². The van der Waals surface area contributed by atoms with Gasteiger partial charge in [-0.3, -0.25) is 24.6 Å².